The number of hydrogen-bond acceptors (Lipinski definition) is 5. The molecule has 7 heteroatoms. The highest BCUT2D eigenvalue weighted by molar-refractivity contribution is 7.16. The summed E-state index contributed by atoms with van der Waals surface area (Å²) >= 11 is 1.30. The van der Waals surface area contributed by atoms with Crippen molar-refractivity contribution in [2.45, 2.75) is 40.5 Å². The standard InChI is InChI=1S/C18H23NO5S/c1-8-6-12(13(17(21)22)7-9(8)2)15(20)19-16-14(18(23)24-5)10(3)11(4)25-16/h12-13H,6-7H2,1-5H3,(H,19,20)(H,21,22)/t12-,13-/m1/s1. The molecule has 0 bridgehead atoms. The van der Waals surface area contributed by atoms with Crippen LogP contribution in [-0.2, 0) is 14.3 Å². The first-order valence-electron chi connectivity index (χ1n) is 8.04. The molecule has 1 aliphatic carbocycles. The molecule has 0 saturated heterocycles. The number of carbonyl (C=O) groups excluding carboxylic acids is 2. The number of methoxy groups -OCH3 is 1. The van der Waals surface area contributed by atoms with Crippen LogP contribution in [0.2, 0.25) is 0 Å². The Hall–Kier alpha value is -2.15. The number of thiophene rings is 1. The van der Waals surface area contributed by atoms with Gasteiger partial charge in [0.15, 0.2) is 0 Å². The minimum absolute atomic E-state index is 0.337. The number of aryl methyl sites for hydroxylation is 1. The highest BCUT2D eigenvalue weighted by atomic mass is 32.1. The summed E-state index contributed by atoms with van der Waals surface area (Å²) in [6, 6.07) is 0. The number of hydrogen-bond donors (Lipinski definition) is 2. The second-order valence-corrected chi connectivity index (χ2v) is 7.71. The first-order valence-corrected chi connectivity index (χ1v) is 8.86. The Kier molecular flexibility index (Phi) is 5.67. The van der Waals surface area contributed by atoms with Gasteiger partial charge < -0.3 is 15.2 Å². The zero-order valence-corrected chi connectivity index (χ0v) is 15.9. The highest BCUT2D eigenvalue weighted by Crippen LogP contribution is 2.37. The fourth-order valence-electron chi connectivity index (χ4n) is 3.10. The SMILES string of the molecule is COC(=O)c1c(NC(=O)[C@@H]2CC(C)=C(C)C[C@H]2C(=O)O)sc(C)c1C. The summed E-state index contributed by atoms with van der Waals surface area (Å²) < 4.78 is 4.80. The van der Waals surface area contributed by atoms with Crippen molar-refractivity contribution in [2.75, 3.05) is 12.4 Å². The van der Waals surface area contributed by atoms with Gasteiger partial charge in [-0.1, -0.05) is 11.1 Å². The third-order valence-electron chi connectivity index (χ3n) is 4.93. The summed E-state index contributed by atoms with van der Waals surface area (Å²) in [5.41, 5.74) is 3.17. The quantitative estimate of drug-likeness (QED) is 0.629. The van der Waals surface area contributed by atoms with Gasteiger partial charge in [0.2, 0.25) is 5.91 Å². The van der Waals surface area contributed by atoms with E-state index in [-0.39, 0.29) is 5.91 Å². The first-order chi connectivity index (χ1) is 11.7. The number of carboxylic acids is 1. The van der Waals surface area contributed by atoms with E-state index in [1.54, 1.807) is 6.92 Å². The molecule has 2 N–H and O–H groups in total. The zero-order valence-electron chi connectivity index (χ0n) is 15.1. The largest absolute Gasteiger partial charge is 0.481 e. The van der Waals surface area contributed by atoms with Gasteiger partial charge in [-0.25, -0.2) is 4.79 Å². The molecule has 0 aromatic carbocycles. The van der Waals surface area contributed by atoms with Crippen LogP contribution < -0.4 is 5.32 Å². The van der Waals surface area contributed by atoms with Crippen molar-refractivity contribution >= 4 is 34.2 Å². The Morgan fingerprint density at radius 2 is 1.64 bits per heavy atom. The number of esters is 1. The Morgan fingerprint density at radius 3 is 2.16 bits per heavy atom. The molecule has 1 amide bonds. The van der Waals surface area contributed by atoms with Crippen LogP contribution in [0.3, 0.4) is 0 Å². The van der Waals surface area contributed by atoms with E-state index in [1.165, 1.54) is 18.4 Å². The van der Waals surface area contributed by atoms with Crippen LogP contribution in [-0.4, -0.2) is 30.1 Å². The Balaban J connectivity index is 2.32. The maximum Gasteiger partial charge on any atom is 0.341 e. The summed E-state index contributed by atoms with van der Waals surface area (Å²) in [6.07, 6.45) is 0.775. The molecular weight excluding hydrogens is 342 g/mol. The summed E-state index contributed by atoms with van der Waals surface area (Å²) in [4.78, 5) is 37.3. The number of carboxylic acid groups (broad SMARTS) is 1. The fourth-order valence-corrected chi connectivity index (χ4v) is 4.15. The van der Waals surface area contributed by atoms with Gasteiger partial charge in [0, 0.05) is 4.88 Å². The monoisotopic (exact) mass is 365 g/mol. The molecule has 0 unspecified atom stereocenters. The number of allylic oxidation sites excluding steroid dienone is 2. The lowest BCUT2D eigenvalue weighted by Gasteiger charge is -2.29. The number of anilines is 1. The van der Waals surface area contributed by atoms with Crippen LogP contribution in [0.25, 0.3) is 0 Å². The number of ether oxygens (including phenoxy) is 1. The van der Waals surface area contributed by atoms with Crippen molar-refractivity contribution in [2.24, 2.45) is 11.8 Å². The molecule has 0 spiro atoms. The highest BCUT2D eigenvalue weighted by Gasteiger charge is 2.38. The van der Waals surface area contributed by atoms with Crippen LogP contribution >= 0.6 is 11.3 Å². The van der Waals surface area contributed by atoms with Gasteiger partial charge in [-0.3, -0.25) is 9.59 Å². The van der Waals surface area contributed by atoms with Crippen molar-refractivity contribution in [1.29, 1.82) is 0 Å². The summed E-state index contributed by atoms with van der Waals surface area (Å²) in [5, 5.41) is 12.7. The molecule has 25 heavy (non-hydrogen) atoms. The van der Waals surface area contributed by atoms with E-state index in [1.807, 2.05) is 20.8 Å². The minimum atomic E-state index is -0.973. The fraction of sp³-hybridized carbons (Fsp3) is 0.500. The van der Waals surface area contributed by atoms with E-state index in [2.05, 4.69) is 5.32 Å². The average molecular weight is 365 g/mol. The third kappa shape index (κ3) is 3.76. The number of carbonyl (C=O) groups is 3. The van der Waals surface area contributed by atoms with Crippen LogP contribution in [0, 0.1) is 25.7 Å². The van der Waals surface area contributed by atoms with Gasteiger partial charge in [-0.2, -0.15) is 0 Å². The molecule has 1 aromatic heterocycles. The molecule has 2 atom stereocenters. The van der Waals surface area contributed by atoms with E-state index in [0.29, 0.717) is 23.4 Å². The second-order valence-electron chi connectivity index (χ2n) is 6.49. The summed E-state index contributed by atoms with van der Waals surface area (Å²) in [7, 11) is 1.29. The summed E-state index contributed by atoms with van der Waals surface area (Å²) in [5.74, 6) is -3.27. The molecular formula is C18H23NO5S. The molecule has 0 radical (unpaired) electrons. The van der Waals surface area contributed by atoms with Crippen LogP contribution in [0.5, 0.6) is 0 Å². The maximum absolute atomic E-state index is 12.8. The predicted octanol–water partition coefficient (Wildman–Crippen LogP) is 3.54. The lowest BCUT2D eigenvalue weighted by molar-refractivity contribution is -0.146. The van der Waals surface area contributed by atoms with Gasteiger partial charge in [-0.05, 0) is 46.1 Å². The van der Waals surface area contributed by atoms with E-state index in [0.717, 1.165) is 21.6 Å². The Morgan fingerprint density at radius 1 is 1.08 bits per heavy atom. The number of rotatable bonds is 4. The lowest BCUT2D eigenvalue weighted by atomic mass is 9.76. The second kappa shape index (κ2) is 7.39. The zero-order chi connectivity index (χ0) is 18.9. The summed E-state index contributed by atoms with van der Waals surface area (Å²) in [6.45, 7) is 7.48. The molecule has 6 nitrogen and oxygen atoms in total. The number of amides is 1. The molecule has 136 valence electrons. The third-order valence-corrected chi connectivity index (χ3v) is 6.05. The van der Waals surface area contributed by atoms with E-state index < -0.39 is 23.8 Å². The van der Waals surface area contributed by atoms with Crippen LogP contribution in [0.1, 0.15) is 47.5 Å². The number of nitrogens with one attached hydrogen (secondary N) is 1. The Bertz CT molecular complexity index is 762. The maximum atomic E-state index is 12.8. The normalized spacial score (nSPS) is 20.4. The molecule has 0 aliphatic heterocycles. The topological polar surface area (TPSA) is 92.7 Å². The van der Waals surface area contributed by atoms with Crippen molar-refractivity contribution < 1.29 is 24.2 Å². The minimum Gasteiger partial charge on any atom is -0.481 e. The van der Waals surface area contributed by atoms with Crippen molar-refractivity contribution in [3.63, 3.8) is 0 Å². The molecule has 1 heterocycles. The number of aliphatic carboxylic acids is 1. The molecule has 1 aliphatic rings. The van der Waals surface area contributed by atoms with Gasteiger partial charge in [-0.15, -0.1) is 11.3 Å². The van der Waals surface area contributed by atoms with Gasteiger partial charge in [0.05, 0.1) is 24.5 Å². The Labute approximate surface area is 150 Å². The molecule has 0 fully saturated rings. The molecule has 2 rings (SSSR count). The van der Waals surface area contributed by atoms with Gasteiger partial charge in [0.1, 0.15) is 5.00 Å². The van der Waals surface area contributed by atoms with Gasteiger partial charge in [0.25, 0.3) is 0 Å². The van der Waals surface area contributed by atoms with Crippen molar-refractivity contribution in [1.82, 2.24) is 0 Å². The van der Waals surface area contributed by atoms with E-state index in [9.17, 15) is 19.5 Å². The predicted molar refractivity (Wildman–Crippen MR) is 96.0 cm³/mol. The van der Waals surface area contributed by atoms with Crippen molar-refractivity contribution in [3.05, 3.63) is 27.2 Å². The van der Waals surface area contributed by atoms with Crippen LogP contribution in [0.15, 0.2) is 11.1 Å². The molecule has 0 saturated carbocycles. The van der Waals surface area contributed by atoms with Gasteiger partial charge >= 0.3 is 11.9 Å². The first kappa shape index (κ1) is 19.2. The average Bonchev–Trinajstić information content (AvgIpc) is 2.82. The lowest BCUT2D eigenvalue weighted by Crippen LogP contribution is -2.36. The van der Waals surface area contributed by atoms with E-state index >= 15 is 0 Å². The molecule has 1 aromatic rings. The smallest absolute Gasteiger partial charge is 0.341 e. The van der Waals surface area contributed by atoms with Crippen molar-refractivity contribution in [3.8, 4) is 0 Å². The van der Waals surface area contributed by atoms with Crippen LogP contribution in [0.4, 0.5) is 5.00 Å². The van der Waals surface area contributed by atoms with E-state index in [4.69, 9.17) is 4.74 Å².